The third kappa shape index (κ3) is 2.25. The Labute approximate surface area is 113 Å². The van der Waals surface area contributed by atoms with Gasteiger partial charge in [0.15, 0.2) is 5.78 Å². The number of ketones is 1. The number of benzene rings is 1. The molecule has 0 spiro atoms. The number of nitrogens with zero attached hydrogens (tertiary/aromatic N) is 3. The highest BCUT2D eigenvalue weighted by atomic mass is 16.2. The molecule has 0 aliphatic rings. The van der Waals surface area contributed by atoms with Crippen molar-refractivity contribution in [2.45, 2.75) is 20.4 Å². The zero-order valence-electron chi connectivity index (χ0n) is 11.1. The summed E-state index contributed by atoms with van der Waals surface area (Å²) in [5.74, 6) is -0.949. The van der Waals surface area contributed by atoms with E-state index < -0.39 is 17.3 Å². The van der Waals surface area contributed by atoms with Gasteiger partial charge in [-0.05, 0) is 19.1 Å². The Morgan fingerprint density at radius 3 is 2.10 bits per heavy atom. The maximum Gasteiger partial charge on any atom is 0.359 e. The highest BCUT2D eigenvalue weighted by Gasteiger charge is 2.20. The number of hydrogen-bond acceptors (Lipinski definition) is 4. The largest absolute Gasteiger partial charge is 0.359 e. The van der Waals surface area contributed by atoms with Crippen molar-refractivity contribution >= 4 is 11.7 Å². The third-order valence-corrected chi connectivity index (χ3v) is 2.71. The Hall–Kier alpha value is -2.70. The second-order valence-corrected chi connectivity index (χ2v) is 4.33. The van der Waals surface area contributed by atoms with Crippen LogP contribution in [0.2, 0.25) is 0 Å². The smallest absolute Gasteiger partial charge is 0.298 e. The molecule has 0 saturated carbocycles. The van der Waals surface area contributed by atoms with Crippen molar-refractivity contribution in [1.29, 1.82) is 0 Å². The van der Waals surface area contributed by atoms with Crippen LogP contribution < -0.4 is 11.4 Å². The van der Waals surface area contributed by atoms with Gasteiger partial charge in [-0.25, -0.2) is 18.8 Å². The quantitative estimate of drug-likeness (QED) is 0.792. The minimum absolute atomic E-state index is 0.326. The van der Waals surface area contributed by atoms with Crippen molar-refractivity contribution < 1.29 is 9.59 Å². The molecule has 104 valence electrons. The normalized spacial score (nSPS) is 10.5. The van der Waals surface area contributed by atoms with E-state index in [9.17, 15) is 19.2 Å². The monoisotopic (exact) mass is 275 g/mol. The van der Waals surface area contributed by atoms with Gasteiger partial charge in [-0.15, -0.1) is 0 Å². The average Bonchev–Trinajstić information content (AvgIpc) is 2.61. The molecule has 1 aromatic heterocycles. The molecule has 2 rings (SSSR count). The van der Waals surface area contributed by atoms with Gasteiger partial charge in [0.2, 0.25) is 5.91 Å². The first-order chi connectivity index (χ1) is 9.43. The summed E-state index contributed by atoms with van der Waals surface area (Å²) in [6, 6.07) is 8.23. The van der Waals surface area contributed by atoms with Crippen molar-refractivity contribution in [1.82, 2.24) is 13.9 Å². The topological polar surface area (TPSA) is 83.1 Å². The lowest BCUT2D eigenvalue weighted by molar-refractivity contribution is -0.117. The Morgan fingerprint density at radius 1 is 1.00 bits per heavy atom. The number of hydrogen-bond donors (Lipinski definition) is 0. The third-order valence-electron chi connectivity index (χ3n) is 2.71. The lowest BCUT2D eigenvalue weighted by Gasteiger charge is -2.02. The van der Waals surface area contributed by atoms with Gasteiger partial charge in [-0.1, -0.05) is 18.2 Å². The van der Waals surface area contributed by atoms with Crippen LogP contribution in [0.25, 0.3) is 5.69 Å². The van der Waals surface area contributed by atoms with E-state index in [2.05, 4.69) is 0 Å². The Balaban J connectivity index is 2.79. The molecule has 0 aliphatic carbocycles. The van der Waals surface area contributed by atoms with Crippen molar-refractivity contribution in [2.75, 3.05) is 0 Å². The van der Waals surface area contributed by atoms with E-state index in [1.807, 2.05) is 0 Å². The number of carbonyl (C=O) groups excluding carboxylic acids is 2. The van der Waals surface area contributed by atoms with Crippen molar-refractivity contribution in [3.05, 3.63) is 51.3 Å². The second-order valence-electron chi connectivity index (χ2n) is 4.33. The first kappa shape index (κ1) is 13.7. The molecule has 2 aromatic rings. The van der Waals surface area contributed by atoms with Crippen molar-refractivity contribution in [2.24, 2.45) is 0 Å². The minimum Gasteiger partial charge on any atom is -0.298 e. The molecule has 0 amide bonds. The lowest BCUT2D eigenvalue weighted by Crippen LogP contribution is -2.32. The summed E-state index contributed by atoms with van der Waals surface area (Å²) in [7, 11) is 0. The average molecular weight is 275 g/mol. The fourth-order valence-electron chi connectivity index (χ4n) is 1.93. The van der Waals surface area contributed by atoms with Gasteiger partial charge in [-0.3, -0.25) is 9.59 Å². The predicted molar refractivity (Wildman–Crippen MR) is 71.3 cm³/mol. The number of Topliss-reactive ketones (excluding diaryl/α,β-unsaturated/α-hetero) is 1. The van der Waals surface area contributed by atoms with E-state index in [0.29, 0.717) is 10.4 Å². The molecule has 20 heavy (non-hydrogen) atoms. The summed E-state index contributed by atoms with van der Waals surface area (Å²) in [6.07, 6.45) is 0. The van der Waals surface area contributed by atoms with Crippen LogP contribution in [0, 0.1) is 0 Å². The van der Waals surface area contributed by atoms with E-state index in [4.69, 9.17) is 0 Å². The zero-order chi connectivity index (χ0) is 14.9. The van der Waals surface area contributed by atoms with Crippen LogP contribution in [0.5, 0.6) is 0 Å². The van der Waals surface area contributed by atoms with Gasteiger partial charge < -0.3 is 0 Å². The van der Waals surface area contributed by atoms with Crippen LogP contribution in [-0.4, -0.2) is 25.6 Å². The highest BCUT2D eigenvalue weighted by Crippen LogP contribution is 2.01. The molecule has 7 nitrogen and oxygen atoms in total. The predicted octanol–water partition coefficient (Wildman–Crippen LogP) is 0.0498. The highest BCUT2D eigenvalue weighted by molar-refractivity contribution is 5.77. The minimum atomic E-state index is -0.782. The van der Waals surface area contributed by atoms with Crippen molar-refractivity contribution in [3.63, 3.8) is 0 Å². The molecule has 0 unspecified atom stereocenters. The molecule has 0 saturated heterocycles. The lowest BCUT2D eigenvalue weighted by atomic mass is 10.3. The van der Waals surface area contributed by atoms with Gasteiger partial charge in [-0.2, -0.15) is 4.68 Å². The molecule has 0 fully saturated rings. The summed E-state index contributed by atoms with van der Waals surface area (Å²) in [4.78, 5) is 47.2. The molecule has 1 heterocycles. The summed E-state index contributed by atoms with van der Waals surface area (Å²) in [5, 5.41) is 0. The fourth-order valence-corrected chi connectivity index (χ4v) is 1.93. The van der Waals surface area contributed by atoms with Gasteiger partial charge in [0.25, 0.3) is 0 Å². The van der Waals surface area contributed by atoms with E-state index in [1.54, 1.807) is 30.3 Å². The van der Waals surface area contributed by atoms with Gasteiger partial charge in [0.05, 0.1) is 5.69 Å². The van der Waals surface area contributed by atoms with E-state index in [1.165, 1.54) is 6.92 Å². The Morgan fingerprint density at radius 2 is 1.60 bits per heavy atom. The molecule has 0 bridgehead atoms. The fraction of sp³-hybridized carbons (Fsp3) is 0.231. The maximum absolute atomic E-state index is 12.3. The van der Waals surface area contributed by atoms with Gasteiger partial charge in [0.1, 0.15) is 6.54 Å². The molecule has 0 atom stereocenters. The molecule has 0 N–H and O–H groups in total. The van der Waals surface area contributed by atoms with Crippen LogP contribution in [0.3, 0.4) is 0 Å². The zero-order valence-corrected chi connectivity index (χ0v) is 11.1. The summed E-state index contributed by atoms with van der Waals surface area (Å²) >= 11 is 0. The number of aromatic nitrogens is 3. The van der Waals surface area contributed by atoms with Gasteiger partial charge in [0, 0.05) is 6.92 Å². The van der Waals surface area contributed by atoms with E-state index in [-0.39, 0.29) is 12.3 Å². The van der Waals surface area contributed by atoms with Crippen LogP contribution in [0.4, 0.5) is 0 Å². The standard InChI is InChI=1S/C13H13N3O4/c1-9(17)8-14-12(19)15(11-6-4-3-5-7-11)13(20)16(14)10(2)18/h3-7H,8H2,1-2H3. The SMILES string of the molecule is CC(=O)Cn1c(=O)n(-c2ccccc2)c(=O)n1C(C)=O. The molecular formula is C13H13N3O4. The molecule has 7 heteroatoms. The molecule has 1 aromatic carbocycles. The van der Waals surface area contributed by atoms with Crippen LogP contribution in [0.1, 0.15) is 18.6 Å². The molecular weight excluding hydrogens is 262 g/mol. The van der Waals surface area contributed by atoms with Crippen LogP contribution >= 0.6 is 0 Å². The number of para-hydroxylation sites is 1. The Bertz CT molecular complexity index is 780. The Kier molecular flexibility index (Phi) is 3.51. The summed E-state index contributed by atoms with van der Waals surface area (Å²) in [5.41, 5.74) is -1.15. The number of rotatable bonds is 3. The summed E-state index contributed by atoms with van der Waals surface area (Å²) in [6.45, 7) is 2.11. The molecule has 0 aliphatic heterocycles. The van der Waals surface area contributed by atoms with Crippen LogP contribution in [0.15, 0.2) is 39.9 Å². The maximum atomic E-state index is 12.3. The van der Waals surface area contributed by atoms with Crippen molar-refractivity contribution in [3.8, 4) is 5.69 Å². The first-order valence-corrected chi connectivity index (χ1v) is 5.94. The second kappa shape index (κ2) is 5.12. The summed E-state index contributed by atoms with van der Waals surface area (Å²) < 4.78 is 2.39. The number of carbonyl (C=O) groups is 2. The van der Waals surface area contributed by atoms with Crippen LogP contribution in [-0.2, 0) is 11.3 Å². The first-order valence-electron chi connectivity index (χ1n) is 5.94. The van der Waals surface area contributed by atoms with E-state index in [0.717, 1.165) is 16.2 Å². The van der Waals surface area contributed by atoms with E-state index >= 15 is 0 Å². The van der Waals surface area contributed by atoms with Gasteiger partial charge >= 0.3 is 11.4 Å². The molecule has 0 radical (unpaired) electrons.